The fourth-order valence-corrected chi connectivity index (χ4v) is 12.1. The van der Waals surface area contributed by atoms with E-state index in [1.54, 1.807) is 0 Å². The second kappa shape index (κ2) is 33.0. The highest BCUT2D eigenvalue weighted by Gasteiger charge is 2.20. The van der Waals surface area contributed by atoms with Gasteiger partial charge in [0.1, 0.15) is 42.3 Å². The molecule has 474 valence electrons. The van der Waals surface area contributed by atoms with Gasteiger partial charge in [-0.3, -0.25) is 0 Å². The SMILES string of the molecule is Cc1cc(-c2ccccc2C)[n+](C)cc1C.Cc1cc(C)c(-c2ccccc2C)[n+](C)c1.Cc1cc[n+](C)c(-c2ccccc2C)c1.Cc1ccc(-c2ccccc2C)[n+](C)c1.Cc1ccccc1-c1c(C)c(C)cc[n+]1C.Cc1ccccc1-c1c(C)ccc[n+]1C. The van der Waals surface area contributed by atoms with Crippen LogP contribution in [0.15, 0.2) is 237 Å². The number of pyridine rings is 6. The normalized spacial score (nSPS) is 10.4. The zero-order valence-corrected chi connectivity index (χ0v) is 59.7. The molecule has 6 nitrogen and oxygen atoms in total. The molecule has 0 spiro atoms. The number of rotatable bonds is 6. The molecule has 6 heterocycles. The highest BCUT2D eigenvalue weighted by Crippen LogP contribution is 2.28. The molecule has 0 radical (unpaired) electrons. The third-order valence-corrected chi connectivity index (χ3v) is 17.6. The van der Waals surface area contributed by atoms with Gasteiger partial charge in [-0.15, -0.1) is 0 Å². The molecule has 0 amide bonds. The molecule has 0 aliphatic carbocycles. The largest absolute Gasteiger partial charge is 0.215 e. The molecule has 6 aromatic heterocycles. The van der Waals surface area contributed by atoms with Gasteiger partial charge in [0.2, 0.25) is 34.2 Å². The van der Waals surface area contributed by atoms with E-state index in [0.29, 0.717) is 0 Å². The summed E-state index contributed by atoms with van der Waals surface area (Å²) in [7, 11) is 12.6. The van der Waals surface area contributed by atoms with Crippen LogP contribution in [-0.4, -0.2) is 0 Å². The molecule has 0 fully saturated rings. The van der Waals surface area contributed by atoms with Crippen LogP contribution in [0, 0.1) is 104 Å². The van der Waals surface area contributed by atoms with Crippen LogP contribution in [0.5, 0.6) is 0 Å². The minimum Gasteiger partial charge on any atom is -0.201 e. The highest BCUT2D eigenvalue weighted by molar-refractivity contribution is 5.67. The first-order chi connectivity index (χ1) is 44.4. The highest BCUT2D eigenvalue weighted by atomic mass is 14.9. The summed E-state index contributed by atoms with van der Waals surface area (Å²) in [5.41, 5.74) is 35.5. The standard InChI is InChI=1S/3C15H18N.3C14H16N/c1-11-9-13(3)15(16(4)10-11)14-8-6-5-7-12(14)2;1-11-7-5-6-8-14(11)15-9-12(2)13(3)10-16(15)4;1-11-9-10-16(4)15(13(11)3)14-8-6-5-7-12(14)2;1-11-7-4-5-9-13(11)14-12(2)8-6-10-15(14)3;1-11-8-9-15(3)14(10-11)13-7-5-4-6-12(13)2;1-11-8-9-14(15(3)10-11)13-7-5-4-6-12(13)2/h3*5-10H,1-4H3;3*4-10H,1-3H3/q6*+1. The zero-order valence-electron chi connectivity index (χ0n) is 59.7. The van der Waals surface area contributed by atoms with Gasteiger partial charge in [0.05, 0.1) is 0 Å². The van der Waals surface area contributed by atoms with Crippen LogP contribution in [0.25, 0.3) is 67.5 Å². The summed E-state index contributed by atoms with van der Waals surface area (Å²) in [6.45, 7) is 32.3. The van der Waals surface area contributed by atoms with E-state index in [4.69, 9.17) is 0 Å². The molecule has 0 N–H and O–H groups in total. The van der Waals surface area contributed by atoms with Crippen LogP contribution in [0.4, 0.5) is 0 Å². The number of aryl methyl sites for hydroxylation is 20. The van der Waals surface area contributed by atoms with Crippen LogP contribution >= 0.6 is 0 Å². The Morgan fingerprint density at radius 1 is 0.194 bits per heavy atom. The molecule has 0 bridgehead atoms. The third kappa shape index (κ3) is 18.5. The predicted molar refractivity (Wildman–Crippen MR) is 389 cm³/mol. The van der Waals surface area contributed by atoms with Gasteiger partial charge in [-0.1, -0.05) is 109 Å². The lowest BCUT2D eigenvalue weighted by molar-refractivity contribution is -0.661. The van der Waals surface area contributed by atoms with Crippen molar-refractivity contribution in [3.63, 3.8) is 0 Å². The first-order valence-electron chi connectivity index (χ1n) is 32.5. The molecule has 0 saturated heterocycles. The van der Waals surface area contributed by atoms with E-state index in [9.17, 15) is 0 Å². The van der Waals surface area contributed by atoms with E-state index in [2.05, 4.69) is 411 Å². The molecule has 0 aliphatic heterocycles. The van der Waals surface area contributed by atoms with Gasteiger partial charge in [0, 0.05) is 103 Å². The Balaban J connectivity index is 0.000000158. The van der Waals surface area contributed by atoms with Gasteiger partial charge < -0.3 is 0 Å². The summed E-state index contributed by atoms with van der Waals surface area (Å²) in [6, 6.07) is 70.6. The first-order valence-corrected chi connectivity index (χ1v) is 32.5. The van der Waals surface area contributed by atoms with Crippen molar-refractivity contribution in [2.75, 3.05) is 0 Å². The lowest BCUT2D eigenvalue weighted by Crippen LogP contribution is -2.32. The van der Waals surface area contributed by atoms with Gasteiger partial charge in [-0.05, 0) is 209 Å². The van der Waals surface area contributed by atoms with E-state index in [0.717, 1.165) is 0 Å². The number of hydrogen-bond donors (Lipinski definition) is 0. The molecule has 0 aliphatic rings. The van der Waals surface area contributed by atoms with E-state index in [1.807, 2.05) is 0 Å². The monoisotopic (exact) mass is 1230 g/mol. The van der Waals surface area contributed by atoms with Gasteiger partial charge in [0.25, 0.3) is 0 Å². The van der Waals surface area contributed by atoms with Crippen molar-refractivity contribution in [1.29, 1.82) is 0 Å². The Morgan fingerprint density at radius 2 is 0.570 bits per heavy atom. The number of hydrogen-bond acceptors (Lipinski definition) is 0. The maximum absolute atomic E-state index is 2.26. The third-order valence-electron chi connectivity index (χ3n) is 17.6. The second-order valence-electron chi connectivity index (χ2n) is 25.3. The maximum Gasteiger partial charge on any atom is 0.215 e. The minimum absolute atomic E-state index is 1.26. The Labute approximate surface area is 558 Å². The van der Waals surface area contributed by atoms with Crippen LogP contribution in [0.1, 0.15) is 83.5 Å². The van der Waals surface area contributed by atoms with Crippen LogP contribution in [0.3, 0.4) is 0 Å². The summed E-state index contributed by atoms with van der Waals surface area (Å²) >= 11 is 0. The van der Waals surface area contributed by atoms with Crippen molar-refractivity contribution in [2.24, 2.45) is 42.3 Å². The summed E-state index contributed by atoms with van der Waals surface area (Å²) < 4.78 is 13.1. The van der Waals surface area contributed by atoms with Gasteiger partial charge in [-0.2, -0.15) is 0 Å². The Morgan fingerprint density at radius 3 is 1.02 bits per heavy atom. The first kappa shape index (κ1) is 70.7. The average molecular weight is 1230 g/mol. The lowest BCUT2D eigenvalue weighted by atomic mass is 9.99. The Bertz CT molecular complexity index is 4490. The van der Waals surface area contributed by atoms with Crippen molar-refractivity contribution in [3.05, 3.63) is 321 Å². The quantitative estimate of drug-likeness (QED) is 0.148. The Hall–Kier alpha value is -9.78. The fraction of sp³-hybridized carbons (Fsp3) is 0.241. The minimum atomic E-state index is 1.26. The second-order valence-corrected chi connectivity index (χ2v) is 25.3. The lowest BCUT2D eigenvalue weighted by Gasteiger charge is -2.08. The van der Waals surface area contributed by atoms with E-state index in [-0.39, 0.29) is 0 Å². The molecule has 0 unspecified atom stereocenters. The van der Waals surface area contributed by atoms with Gasteiger partial charge in [0.15, 0.2) is 37.2 Å². The number of nitrogens with zero attached hydrogens (tertiary/aromatic N) is 6. The molecule has 6 aromatic carbocycles. The molecule has 6 heteroatoms. The van der Waals surface area contributed by atoms with E-state index in [1.165, 1.54) is 151 Å². The van der Waals surface area contributed by atoms with Crippen molar-refractivity contribution >= 4 is 0 Å². The number of benzene rings is 6. The molecule has 0 saturated carbocycles. The van der Waals surface area contributed by atoms with E-state index < -0.39 is 0 Å². The molecule has 93 heavy (non-hydrogen) atoms. The summed E-state index contributed by atoms with van der Waals surface area (Å²) in [5.74, 6) is 0. The Kier molecular flexibility index (Phi) is 25.1. The number of aromatic nitrogens is 6. The molecular formula is C87H102N6+6. The summed E-state index contributed by atoms with van der Waals surface area (Å²) in [6.07, 6.45) is 12.9. The van der Waals surface area contributed by atoms with Crippen molar-refractivity contribution in [2.45, 2.75) is 104 Å². The van der Waals surface area contributed by atoms with E-state index >= 15 is 0 Å². The van der Waals surface area contributed by atoms with Gasteiger partial charge >= 0.3 is 0 Å². The van der Waals surface area contributed by atoms with Gasteiger partial charge in [-0.25, -0.2) is 27.4 Å². The smallest absolute Gasteiger partial charge is 0.201 e. The van der Waals surface area contributed by atoms with Crippen molar-refractivity contribution in [3.8, 4) is 67.5 Å². The van der Waals surface area contributed by atoms with Crippen molar-refractivity contribution < 1.29 is 27.4 Å². The summed E-state index contributed by atoms with van der Waals surface area (Å²) in [4.78, 5) is 0. The zero-order chi connectivity index (χ0) is 67.6. The van der Waals surface area contributed by atoms with Crippen molar-refractivity contribution in [1.82, 2.24) is 0 Å². The van der Waals surface area contributed by atoms with Crippen LogP contribution in [-0.2, 0) is 42.3 Å². The molecule has 12 aromatic rings. The summed E-state index contributed by atoms with van der Waals surface area (Å²) in [5, 5.41) is 0. The molecular weight excluding hydrogens is 1130 g/mol. The maximum atomic E-state index is 2.26. The van der Waals surface area contributed by atoms with Crippen LogP contribution in [0.2, 0.25) is 0 Å². The average Bonchev–Trinajstić information content (AvgIpc) is 0.893. The topological polar surface area (TPSA) is 23.3 Å². The molecule has 12 rings (SSSR count). The van der Waals surface area contributed by atoms with Crippen LogP contribution < -0.4 is 27.4 Å². The molecule has 0 atom stereocenters. The predicted octanol–water partition coefficient (Wildman–Crippen LogP) is 17.7. The fourth-order valence-electron chi connectivity index (χ4n) is 12.1.